The summed E-state index contributed by atoms with van der Waals surface area (Å²) in [5.74, 6) is -2.08. The van der Waals surface area contributed by atoms with Crippen LogP contribution in [0.3, 0.4) is 0 Å². The molecule has 0 unspecified atom stereocenters. The van der Waals surface area contributed by atoms with Crippen molar-refractivity contribution in [2.45, 2.75) is 6.61 Å². The molecule has 0 aliphatic carbocycles. The van der Waals surface area contributed by atoms with Crippen LogP contribution < -0.4 is 5.73 Å². The van der Waals surface area contributed by atoms with Gasteiger partial charge in [-0.2, -0.15) is 0 Å². The smallest absolute Gasteiger partial charge is 0.172 e. The van der Waals surface area contributed by atoms with Gasteiger partial charge in [-0.3, -0.25) is 0 Å². The molecule has 1 aromatic heterocycles. The second-order valence-corrected chi connectivity index (χ2v) is 3.97. The predicted molar refractivity (Wildman–Crippen MR) is 62.0 cm³/mol. The van der Waals surface area contributed by atoms with Crippen molar-refractivity contribution in [2.24, 2.45) is 0 Å². The third kappa shape index (κ3) is 2.16. The molecular formula is C11H9ClF2N2O2. The van der Waals surface area contributed by atoms with Gasteiger partial charge in [-0.25, -0.2) is 8.78 Å². The topological polar surface area (TPSA) is 61.3 Å². The van der Waals surface area contributed by atoms with Gasteiger partial charge >= 0.3 is 0 Å². The van der Waals surface area contributed by atoms with Gasteiger partial charge in [0.2, 0.25) is 0 Å². The Morgan fingerprint density at radius 1 is 1.39 bits per heavy atom. The fraction of sp³-hybridized carbons (Fsp3) is 0.182. The lowest BCUT2D eigenvalue weighted by Gasteiger charge is -2.08. The molecule has 7 heteroatoms. The van der Waals surface area contributed by atoms with E-state index in [4.69, 9.17) is 26.6 Å². The largest absolute Gasteiger partial charge is 0.381 e. The Morgan fingerprint density at radius 2 is 2.11 bits per heavy atom. The maximum Gasteiger partial charge on any atom is 0.172 e. The zero-order valence-electron chi connectivity index (χ0n) is 9.34. The summed E-state index contributed by atoms with van der Waals surface area (Å²) in [5, 5.41) is 3.44. The van der Waals surface area contributed by atoms with Crippen LogP contribution in [0.1, 0.15) is 5.56 Å². The second kappa shape index (κ2) is 4.91. The minimum absolute atomic E-state index is 0.00904. The molecule has 2 aromatic rings. The summed E-state index contributed by atoms with van der Waals surface area (Å²) in [6, 6.07) is 2.53. The van der Waals surface area contributed by atoms with Crippen LogP contribution in [0.2, 0.25) is 5.02 Å². The van der Waals surface area contributed by atoms with Crippen LogP contribution in [-0.4, -0.2) is 12.3 Å². The molecule has 0 aliphatic rings. The molecule has 0 amide bonds. The van der Waals surface area contributed by atoms with Gasteiger partial charge in [0.15, 0.2) is 23.2 Å². The van der Waals surface area contributed by atoms with Gasteiger partial charge in [-0.05, 0) is 6.07 Å². The number of hydrogen-bond donors (Lipinski definition) is 1. The summed E-state index contributed by atoms with van der Waals surface area (Å²) in [4.78, 5) is 0. The zero-order chi connectivity index (χ0) is 13.3. The number of methoxy groups -OCH3 is 1. The highest BCUT2D eigenvalue weighted by Crippen LogP contribution is 2.32. The molecule has 2 N–H and O–H groups in total. The molecule has 0 aliphatic heterocycles. The second-order valence-electron chi connectivity index (χ2n) is 3.56. The third-order valence-electron chi connectivity index (χ3n) is 2.34. The summed E-state index contributed by atoms with van der Waals surface area (Å²) in [6.07, 6.45) is 0. The molecule has 0 radical (unpaired) electrons. The SMILES string of the molecule is COCc1c(Cl)cc(-c2cc(N)no2)c(F)c1F. The number of nitrogen functional groups attached to an aromatic ring is 1. The third-order valence-corrected chi connectivity index (χ3v) is 2.67. The lowest BCUT2D eigenvalue weighted by atomic mass is 10.1. The average Bonchev–Trinajstić information content (AvgIpc) is 2.76. The first-order valence-corrected chi connectivity index (χ1v) is 5.30. The molecule has 1 heterocycles. The molecule has 1 aromatic carbocycles. The van der Waals surface area contributed by atoms with Crippen LogP contribution >= 0.6 is 11.6 Å². The van der Waals surface area contributed by atoms with E-state index < -0.39 is 11.6 Å². The molecule has 0 atom stereocenters. The minimum Gasteiger partial charge on any atom is -0.381 e. The summed E-state index contributed by atoms with van der Waals surface area (Å²) in [5.41, 5.74) is 5.16. The van der Waals surface area contributed by atoms with Crippen LogP contribution in [0.25, 0.3) is 11.3 Å². The quantitative estimate of drug-likeness (QED) is 0.874. The van der Waals surface area contributed by atoms with Gasteiger partial charge in [-0.15, -0.1) is 0 Å². The van der Waals surface area contributed by atoms with Crippen molar-refractivity contribution in [1.82, 2.24) is 5.16 Å². The zero-order valence-corrected chi connectivity index (χ0v) is 10.1. The summed E-state index contributed by atoms with van der Waals surface area (Å²) in [6.45, 7) is -0.125. The maximum absolute atomic E-state index is 13.8. The van der Waals surface area contributed by atoms with Crippen molar-refractivity contribution < 1.29 is 18.0 Å². The molecule has 0 fully saturated rings. The lowest BCUT2D eigenvalue weighted by Crippen LogP contribution is -2.00. The molecule has 18 heavy (non-hydrogen) atoms. The molecule has 2 rings (SSSR count). The van der Waals surface area contributed by atoms with E-state index in [1.807, 2.05) is 0 Å². The molecule has 0 bridgehead atoms. The van der Waals surface area contributed by atoms with Crippen molar-refractivity contribution in [3.8, 4) is 11.3 Å². The first-order chi connectivity index (χ1) is 8.54. The Bertz CT molecular complexity index is 587. The van der Waals surface area contributed by atoms with E-state index in [-0.39, 0.29) is 34.3 Å². The highest BCUT2D eigenvalue weighted by Gasteiger charge is 2.20. The number of nitrogens with two attached hydrogens (primary N) is 1. The number of hydrogen-bond acceptors (Lipinski definition) is 4. The van der Waals surface area contributed by atoms with Crippen LogP contribution in [0.4, 0.5) is 14.6 Å². The Hall–Kier alpha value is -1.66. The number of halogens is 3. The minimum atomic E-state index is -1.08. The summed E-state index contributed by atoms with van der Waals surface area (Å²) >= 11 is 5.86. The van der Waals surface area contributed by atoms with Gasteiger partial charge < -0.3 is 15.0 Å². The maximum atomic E-state index is 13.8. The summed E-state index contributed by atoms with van der Waals surface area (Å²) < 4.78 is 37.1. The predicted octanol–water partition coefficient (Wildman–Crippen LogP) is 3.00. The van der Waals surface area contributed by atoms with Gasteiger partial charge in [0.1, 0.15) is 0 Å². The Kier molecular flexibility index (Phi) is 3.49. The number of aromatic nitrogens is 1. The van der Waals surface area contributed by atoms with Gasteiger partial charge in [0.25, 0.3) is 0 Å². The molecule has 4 nitrogen and oxygen atoms in total. The van der Waals surface area contributed by atoms with Gasteiger partial charge in [0.05, 0.1) is 12.2 Å². The van der Waals surface area contributed by atoms with E-state index in [9.17, 15) is 8.78 Å². The fourth-order valence-corrected chi connectivity index (χ4v) is 1.75. The number of nitrogens with zero attached hydrogens (tertiary/aromatic N) is 1. The molecule has 0 saturated carbocycles. The van der Waals surface area contributed by atoms with Crippen molar-refractivity contribution in [3.05, 3.63) is 34.4 Å². The Labute approximate surface area is 106 Å². The van der Waals surface area contributed by atoms with E-state index in [1.54, 1.807) is 0 Å². The highest BCUT2D eigenvalue weighted by molar-refractivity contribution is 6.31. The van der Waals surface area contributed by atoms with Crippen molar-refractivity contribution in [1.29, 1.82) is 0 Å². The van der Waals surface area contributed by atoms with Crippen LogP contribution in [0, 0.1) is 11.6 Å². The van der Waals surface area contributed by atoms with E-state index in [1.165, 1.54) is 19.2 Å². The Balaban J connectivity index is 2.57. The van der Waals surface area contributed by atoms with Crippen molar-refractivity contribution in [3.63, 3.8) is 0 Å². The van der Waals surface area contributed by atoms with Gasteiger partial charge in [0, 0.05) is 23.8 Å². The molecular weight excluding hydrogens is 266 g/mol. The van der Waals surface area contributed by atoms with E-state index >= 15 is 0 Å². The first-order valence-electron chi connectivity index (χ1n) is 4.92. The van der Waals surface area contributed by atoms with E-state index in [0.717, 1.165) is 0 Å². The number of anilines is 1. The number of ether oxygens (including phenoxy) is 1. The molecule has 0 saturated heterocycles. The van der Waals surface area contributed by atoms with Crippen LogP contribution in [0.5, 0.6) is 0 Å². The molecule has 0 spiro atoms. The monoisotopic (exact) mass is 274 g/mol. The van der Waals surface area contributed by atoms with Crippen molar-refractivity contribution >= 4 is 17.4 Å². The average molecular weight is 275 g/mol. The number of benzene rings is 1. The first kappa shape index (κ1) is 12.8. The van der Waals surface area contributed by atoms with Gasteiger partial charge in [-0.1, -0.05) is 16.8 Å². The number of rotatable bonds is 3. The van der Waals surface area contributed by atoms with Crippen LogP contribution in [-0.2, 0) is 11.3 Å². The standard InChI is InChI=1S/C11H9ClF2N2O2/c1-17-4-6-7(12)2-5(10(13)11(6)14)8-3-9(15)16-18-8/h2-3H,4H2,1H3,(H2,15,16). The highest BCUT2D eigenvalue weighted by atomic mass is 35.5. The molecule has 96 valence electrons. The van der Waals surface area contributed by atoms with E-state index in [2.05, 4.69) is 5.16 Å². The normalized spacial score (nSPS) is 10.9. The summed E-state index contributed by atoms with van der Waals surface area (Å²) in [7, 11) is 1.36. The van der Waals surface area contributed by atoms with E-state index in [0.29, 0.717) is 0 Å². The fourth-order valence-electron chi connectivity index (χ4n) is 1.50. The lowest BCUT2D eigenvalue weighted by molar-refractivity contribution is 0.180. The van der Waals surface area contributed by atoms with Crippen LogP contribution in [0.15, 0.2) is 16.7 Å². The Morgan fingerprint density at radius 3 is 2.67 bits per heavy atom. The van der Waals surface area contributed by atoms with Crippen molar-refractivity contribution in [2.75, 3.05) is 12.8 Å².